The molecule has 1 atom stereocenters. The third-order valence-electron chi connectivity index (χ3n) is 5.10. The zero-order valence-electron chi connectivity index (χ0n) is 19.6. The second kappa shape index (κ2) is 11.2. The number of aromatic nitrogens is 2. The van der Waals surface area contributed by atoms with Crippen LogP contribution in [-0.4, -0.2) is 41.0 Å². The fourth-order valence-corrected chi connectivity index (χ4v) is 3.37. The van der Waals surface area contributed by atoms with Gasteiger partial charge in [0, 0.05) is 12.7 Å². The third kappa shape index (κ3) is 6.21. The number of rotatable bonds is 8. The molecular weight excluding hydrogens is 489 g/mol. The van der Waals surface area contributed by atoms with E-state index in [1.807, 2.05) is 6.07 Å². The van der Waals surface area contributed by atoms with Crippen molar-refractivity contribution in [2.75, 3.05) is 12.4 Å². The lowest BCUT2D eigenvalue weighted by atomic mass is 10.1. The molecule has 37 heavy (non-hydrogen) atoms. The summed E-state index contributed by atoms with van der Waals surface area (Å²) in [5.74, 6) is -1.96. The Morgan fingerprint density at radius 2 is 1.81 bits per heavy atom. The quantitative estimate of drug-likeness (QED) is 0.185. The molecule has 0 radical (unpaired) electrons. The maximum absolute atomic E-state index is 13.3. The lowest BCUT2D eigenvalue weighted by molar-refractivity contribution is -0.137. The van der Waals surface area contributed by atoms with E-state index in [2.05, 4.69) is 21.0 Å². The number of aldehydes is 1. The Bertz CT molecular complexity index is 1390. The van der Waals surface area contributed by atoms with E-state index < -0.39 is 35.2 Å². The summed E-state index contributed by atoms with van der Waals surface area (Å²) in [7, 11) is 1.44. The van der Waals surface area contributed by atoms with Gasteiger partial charge >= 0.3 is 6.18 Å². The molecule has 190 valence electrons. The number of anilines is 1. The van der Waals surface area contributed by atoms with Crippen molar-refractivity contribution in [2.24, 2.45) is 0 Å². The molecule has 2 aromatic carbocycles. The van der Waals surface area contributed by atoms with Crippen LogP contribution in [0.4, 0.5) is 18.9 Å². The van der Waals surface area contributed by atoms with Gasteiger partial charge in [-0.1, -0.05) is 6.07 Å². The molecule has 0 unspecified atom stereocenters. The minimum Gasteiger partial charge on any atom is -0.386 e. The first-order chi connectivity index (χ1) is 17.6. The van der Waals surface area contributed by atoms with Gasteiger partial charge in [0.05, 0.1) is 46.5 Å². The highest BCUT2D eigenvalue weighted by Gasteiger charge is 2.31. The Morgan fingerprint density at radius 3 is 2.41 bits per heavy atom. The van der Waals surface area contributed by atoms with Crippen LogP contribution in [0.25, 0.3) is 11.4 Å². The van der Waals surface area contributed by atoms with E-state index in [1.54, 1.807) is 24.3 Å². The van der Waals surface area contributed by atoms with Crippen molar-refractivity contribution in [3.8, 4) is 11.8 Å². The average Bonchev–Trinajstić information content (AvgIpc) is 3.36. The Labute approximate surface area is 209 Å². The molecule has 3 aromatic rings. The summed E-state index contributed by atoms with van der Waals surface area (Å²) in [6, 6.07) is 12.8. The molecule has 0 aliphatic rings. The summed E-state index contributed by atoms with van der Waals surface area (Å²) in [6.45, 7) is 1.40. The lowest BCUT2D eigenvalue weighted by Gasteiger charge is -2.18. The maximum atomic E-state index is 13.3. The van der Waals surface area contributed by atoms with Gasteiger partial charge in [-0.25, -0.2) is 4.68 Å². The van der Waals surface area contributed by atoms with Gasteiger partial charge in [0.2, 0.25) is 0 Å². The molecule has 0 saturated heterocycles. The molecule has 0 fully saturated rings. The number of benzene rings is 2. The van der Waals surface area contributed by atoms with Crippen molar-refractivity contribution in [3.05, 3.63) is 83.2 Å². The van der Waals surface area contributed by atoms with Crippen LogP contribution in [0.15, 0.2) is 66.4 Å². The predicted molar refractivity (Wildman–Crippen MR) is 128 cm³/mol. The fraction of sp³-hybridized carbons (Fsp3) is 0.160. The molecule has 3 rings (SSSR count). The van der Waals surface area contributed by atoms with Gasteiger partial charge in [-0.15, -0.1) is 0 Å². The van der Waals surface area contributed by atoms with Gasteiger partial charge in [0.15, 0.2) is 0 Å². The van der Waals surface area contributed by atoms with Gasteiger partial charge in [0.1, 0.15) is 11.9 Å². The van der Waals surface area contributed by atoms with Crippen LogP contribution in [0.1, 0.15) is 23.7 Å². The Morgan fingerprint density at radius 1 is 1.11 bits per heavy atom. The summed E-state index contributed by atoms with van der Waals surface area (Å²) in [6.07, 6.45) is -2.76. The number of nitrogens with zero attached hydrogens (tertiary/aromatic N) is 3. The van der Waals surface area contributed by atoms with Gasteiger partial charge in [-0.05, 0) is 55.5 Å². The van der Waals surface area contributed by atoms with Crippen molar-refractivity contribution < 1.29 is 27.6 Å². The van der Waals surface area contributed by atoms with Gasteiger partial charge in [-0.3, -0.25) is 9.59 Å². The summed E-state index contributed by atoms with van der Waals surface area (Å²) < 4.78 is 40.8. The minimum absolute atomic E-state index is 0.0121. The number of hydrogen-bond donors (Lipinski definition) is 3. The van der Waals surface area contributed by atoms with Crippen LogP contribution in [0, 0.1) is 11.3 Å². The Balaban J connectivity index is 2.12. The average molecular weight is 510 g/mol. The Hall–Kier alpha value is -4.92. The largest absolute Gasteiger partial charge is 0.416 e. The first-order valence-corrected chi connectivity index (χ1v) is 10.8. The number of nitriles is 1. The second-order valence-corrected chi connectivity index (χ2v) is 7.72. The highest BCUT2D eigenvalue weighted by atomic mass is 19.4. The predicted octanol–water partition coefficient (Wildman–Crippen LogP) is 3.04. The van der Waals surface area contributed by atoms with Crippen molar-refractivity contribution >= 4 is 29.5 Å². The van der Waals surface area contributed by atoms with Gasteiger partial charge < -0.3 is 20.7 Å². The van der Waals surface area contributed by atoms with Crippen LogP contribution < -0.4 is 16.0 Å². The van der Waals surface area contributed by atoms with Crippen LogP contribution in [0.5, 0.6) is 0 Å². The molecule has 0 aliphatic carbocycles. The van der Waals surface area contributed by atoms with Crippen molar-refractivity contribution in [3.63, 3.8) is 0 Å². The van der Waals surface area contributed by atoms with Crippen molar-refractivity contribution in [1.29, 1.82) is 5.26 Å². The van der Waals surface area contributed by atoms with E-state index in [4.69, 9.17) is 5.26 Å². The number of carbonyl (C=O) groups excluding carboxylic acids is 3. The molecular formula is C25H21F3N6O3. The zero-order valence-corrected chi connectivity index (χ0v) is 19.6. The normalized spacial score (nSPS) is 12.5. The van der Waals surface area contributed by atoms with Crippen molar-refractivity contribution in [1.82, 2.24) is 20.4 Å². The van der Waals surface area contributed by atoms with E-state index in [0.717, 1.165) is 18.2 Å². The topological polar surface area (TPSA) is 129 Å². The van der Waals surface area contributed by atoms with Crippen LogP contribution in [0.2, 0.25) is 0 Å². The van der Waals surface area contributed by atoms with E-state index in [9.17, 15) is 27.6 Å². The fourth-order valence-electron chi connectivity index (χ4n) is 3.37. The number of amides is 2. The summed E-state index contributed by atoms with van der Waals surface area (Å²) in [5, 5.41) is 20.8. The number of hydrogen-bond acceptors (Lipinski definition) is 6. The molecule has 0 saturated carbocycles. The van der Waals surface area contributed by atoms with E-state index in [1.165, 1.54) is 37.0 Å². The summed E-state index contributed by atoms with van der Waals surface area (Å²) in [4.78, 5) is 37.6. The van der Waals surface area contributed by atoms with Crippen molar-refractivity contribution in [2.45, 2.75) is 19.1 Å². The van der Waals surface area contributed by atoms with E-state index in [0.29, 0.717) is 17.5 Å². The minimum atomic E-state index is -4.64. The summed E-state index contributed by atoms with van der Waals surface area (Å²) >= 11 is 0. The van der Waals surface area contributed by atoms with Gasteiger partial charge in [-0.2, -0.15) is 23.5 Å². The number of carbonyl (C=O) groups is 3. The number of halogens is 3. The molecule has 9 nitrogen and oxygen atoms in total. The first-order valence-electron chi connectivity index (χ1n) is 10.8. The SMILES string of the molecule is CN/C(=C(\C(=O)Nc1cccc(C(F)(F)F)c1)C(=O)N[C@@H](C)C=O)c1ccnn1-c1ccc(C#N)cc1. The van der Waals surface area contributed by atoms with Gasteiger partial charge in [0.25, 0.3) is 11.8 Å². The van der Waals surface area contributed by atoms with E-state index in [-0.39, 0.29) is 17.1 Å². The highest BCUT2D eigenvalue weighted by molar-refractivity contribution is 6.27. The summed E-state index contributed by atoms with van der Waals surface area (Å²) in [5.41, 5.74) is -0.510. The third-order valence-corrected chi connectivity index (χ3v) is 5.10. The van der Waals surface area contributed by atoms with Crippen LogP contribution >= 0.6 is 0 Å². The molecule has 12 heteroatoms. The highest BCUT2D eigenvalue weighted by Crippen LogP contribution is 2.31. The molecule has 2 amide bonds. The molecule has 1 aromatic heterocycles. The smallest absolute Gasteiger partial charge is 0.386 e. The zero-order chi connectivity index (χ0) is 27.2. The standard InChI is InChI=1S/C25H21F3N6O3/c1-15(14-35)32-23(36)21(24(37)33-18-5-3-4-17(12-18)25(26,27)28)22(30-2)20-10-11-31-34(20)19-8-6-16(13-29)7-9-19/h3-12,14-15,30H,1-2H3,(H,32,36)(H,33,37)/b22-21-/t15-/m0/s1. The van der Waals surface area contributed by atoms with Crippen LogP contribution in [0.3, 0.4) is 0 Å². The van der Waals surface area contributed by atoms with E-state index >= 15 is 0 Å². The van der Waals surface area contributed by atoms with Crippen LogP contribution in [-0.2, 0) is 20.6 Å². The second-order valence-electron chi connectivity index (χ2n) is 7.72. The number of alkyl halides is 3. The molecule has 1 heterocycles. The molecule has 0 spiro atoms. The number of nitrogens with one attached hydrogen (secondary N) is 3. The molecule has 0 aliphatic heterocycles. The first kappa shape index (κ1) is 26.7. The Kier molecular flexibility index (Phi) is 8.09. The monoisotopic (exact) mass is 510 g/mol. The maximum Gasteiger partial charge on any atom is 0.416 e. The lowest BCUT2D eigenvalue weighted by Crippen LogP contribution is -2.39. The molecule has 0 bridgehead atoms. The molecule has 3 N–H and O–H groups in total.